The zero-order valence-corrected chi connectivity index (χ0v) is 17.4. The second-order valence-corrected chi connectivity index (χ2v) is 8.14. The van der Waals surface area contributed by atoms with Crippen molar-refractivity contribution in [2.75, 3.05) is 7.11 Å². The highest BCUT2D eigenvalue weighted by molar-refractivity contribution is 5.86. The van der Waals surface area contributed by atoms with E-state index in [1.54, 1.807) is 7.11 Å². The number of rotatable bonds is 6. The van der Waals surface area contributed by atoms with E-state index < -0.39 is 0 Å². The quantitative estimate of drug-likeness (QED) is 0.632. The number of nitrogens with zero attached hydrogens (tertiary/aromatic N) is 1. The monoisotopic (exact) mass is 390 g/mol. The van der Waals surface area contributed by atoms with Crippen LogP contribution in [0.4, 0.5) is 0 Å². The van der Waals surface area contributed by atoms with Crippen molar-refractivity contribution in [2.24, 2.45) is 7.05 Å². The predicted octanol–water partition coefficient (Wildman–Crippen LogP) is 5.16. The van der Waals surface area contributed by atoms with E-state index in [-0.39, 0.29) is 11.8 Å². The predicted molar refractivity (Wildman–Crippen MR) is 117 cm³/mol. The van der Waals surface area contributed by atoms with E-state index in [0.29, 0.717) is 12.5 Å². The number of para-hydroxylation sites is 1. The first kappa shape index (κ1) is 19.6. The van der Waals surface area contributed by atoms with Crippen LogP contribution in [0, 0.1) is 0 Å². The zero-order chi connectivity index (χ0) is 20.2. The minimum absolute atomic E-state index is 0.00981. The number of nitrogens with one attached hydrogen (secondary N) is 1. The minimum atomic E-state index is 0.00981. The number of fused-ring (bicyclic) bond motifs is 1. The van der Waals surface area contributed by atoms with Crippen molar-refractivity contribution < 1.29 is 9.53 Å². The SMILES string of the molecule is COc1ccc([C@@H](CC(=O)NC2CCCCC2)c2cn(C)c3ccccc23)cc1. The third-order valence-corrected chi connectivity index (χ3v) is 6.18. The summed E-state index contributed by atoms with van der Waals surface area (Å²) in [5.41, 5.74) is 3.53. The highest BCUT2D eigenvalue weighted by atomic mass is 16.5. The number of carbonyl (C=O) groups is 1. The largest absolute Gasteiger partial charge is 0.497 e. The van der Waals surface area contributed by atoms with E-state index in [1.807, 2.05) is 12.1 Å². The van der Waals surface area contributed by atoms with Gasteiger partial charge in [0.1, 0.15) is 5.75 Å². The van der Waals surface area contributed by atoms with Gasteiger partial charge in [-0.3, -0.25) is 4.79 Å². The van der Waals surface area contributed by atoms with Gasteiger partial charge < -0.3 is 14.6 Å². The molecule has 1 saturated carbocycles. The van der Waals surface area contributed by atoms with E-state index in [9.17, 15) is 4.79 Å². The van der Waals surface area contributed by atoms with Gasteiger partial charge in [-0.05, 0) is 42.2 Å². The zero-order valence-electron chi connectivity index (χ0n) is 17.4. The van der Waals surface area contributed by atoms with Gasteiger partial charge in [-0.1, -0.05) is 49.6 Å². The first-order valence-corrected chi connectivity index (χ1v) is 10.6. The Morgan fingerprint density at radius 3 is 2.55 bits per heavy atom. The highest BCUT2D eigenvalue weighted by Gasteiger charge is 2.24. The second-order valence-electron chi connectivity index (χ2n) is 8.14. The Hall–Kier alpha value is -2.75. The molecule has 29 heavy (non-hydrogen) atoms. The molecule has 1 fully saturated rings. The van der Waals surface area contributed by atoms with Crippen molar-refractivity contribution >= 4 is 16.8 Å². The lowest BCUT2D eigenvalue weighted by Crippen LogP contribution is -2.36. The van der Waals surface area contributed by atoms with Crippen molar-refractivity contribution in [1.82, 2.24) is 9.88 Å². The molecule has 0 radical (unpaired) electrons. The standard InChI is InChI=1S/C25H30N2O2/c1-27-17-23(21-10-6-7-11-24(21)27)22(18-12-14-20(29-2)15-13-18)16-25(28)26-19-8-4-3-5-9-19/h6-7,10-15,17,19,22H,3-5,8-9,16H2,1-2H3,(H,26,28)/t22-/m1/s1. The molecule has 1 aliphatic carbocycles. The van der Waals surface area contributed by atoms with Gasteiger partial charge in [-0.25, -0.2) is 0 Å². The van der Waals surface area contributed by atoms with Crippen LogP contribution in [0.3, 0.4) is 0 Å². The topological polar surface area (TPSA) is 43.3 Å². The molecular weight excluding hydrogens is 360 g/mol. The van der Waals surface area contributed by atoms with Crippen LogP contribution in [0.25, 0.3) is 10.9 Å². The molecule has 1 amide bonds. The molecular formula is C25H30N2O2. The Bertz CT molecular complexity index is 968. The molecule has 2 aromatic carbocycles. The van der Waals surface area contributed by atoms with Crippen LogP contribution in [-0.2, 0) is 11.8 Å². The van der Waals surface area contributed by atoms with E-state index in [4.69, 9.17) is 4.74 Å². The maximum absolute atomic E-state index is 13.0. The Balaban J connectivity index is 1.65. The summed E-state index contributed by atoms with van der Waals surface area (Å²) in [6, 6.07) is 16.9. The van der Waals surface area contributed by atoms with Crippen LogP contribution in [0.2, 0.25) is 0 Å². The first-order chi connectivity index (χ1) is 14.2. The van der Waals surface area contributed by atoms with Gasteiger partial charge in [-0.15, -0.1) is 0 Å². The number of amides is 1. The van der Waals surface area contributed by atoms with E-state index in [2.05, 4.69) is 59.5 Å². The molecule has 0 saturated heterocycles. The molecule has 4 rings (SSSR count). The minimum Gasteiger partial charge on any atom is -0.497 e. The summed E-state index contributed by atoms with van der Waals surface area (Å²) in [5, 5.41) is 4.51. The lowest BCUT2D eigenvalue weighted by atomic mass is 9.87. The summed E-state index contributed by atoms with van der Waals surface area (Å²) in [5.74, 6) is 0.985. The molecule has 1 atom stereocenters. The molecule has 0 aliphatic heterocycles. The van der Waals surface area contributed by atoms with Crippen LogP contribution < -0.4 is 10.1 Å². The van der Waals surface area contributed by atoms with Gasteiger partial charge in [0.2, 0.25) is 5.91 Å². The number of ether oxygens (including phenoxy) is 1. The molecule has 0 unspecified atom stereocenters. The van der Waals surface area contributed by atoms with Crippen molar-refractivity contribution in [3.05, 3.63) is 65.9 Å². The lowest BCUT2D eigenvalue weighted by Gasteiger charge is -2.24. The van der Waals surface area contributed by atoms with Gasteiger partial charge in [0.15, 0.2) is 0 Å². The van der Waals surface area contributed by atoms with Gasteiger partial charge in [0.05, 0.1) is 7.11 Å². The summed E-state index contributed by atoms with van der Waals surface area (Å²) in [4.78, 5) is 13.0. The first-order valence-electron chi connectivity index (χ1n) is 10.6. The fourth-order valence-corrected chi connectivity index (χ4v) is 4.61. The number of carbonyl (C=O) groups excluding carboxylic acids is 1. The molecule has 4 nitrogen and oxygen atoms in total. The number of hydrogen-bond donors (Lipinski definition) is 1. The number of aromatic nitrogens is 1. The molecule has 1 heterocycles. The Labute approximate surface area is 172 Å². The molecule has 152 valence electrons. The van der Waals surface area contributed by atoms with Crippen molar-refractivity contribution in [3.63, 3.8) is 0 Å². The maximum Gasteiger partial charge on any atom is 0.221 e. The average molecular weight is 391 g/mol. The maximum atomic E-state index is 13.0. The number of hydrogen-bond acceptors (Lipinski definition) is 2. The van der Waals surface area contributed by atoms with Gasteiger partial charge in [0.25, 0.3) is 0 Å². The molecule has 1 aliphatic rings. The summed E-state index contributed by atoms with van der Waals surface area (Å²) in [6.07, 6.45) is 8.56. The van der Waals surface area contributed by atoms with Crippen LogP contribution in [0.1, 0.15) is 55.6 Å². The van der Waals surface area contributed by atoms with E-state index in [0.717, 1.165) is 24.2 Å². The van der Waals surface area contributed by atoms with Gasteiger partial charge in [0, 0.05) is 42.5 Å². The number of methoxy groups -OCH3 is 1. The van der Waals surface area contributed by atoms with Crippen molar-refractivity contribution in [2.45, 2.75) is 50.5 Å². The third kappa shape index (κ3) is 4.31. The Morgan fingerprint density at radius 1 is 1.10 bits per heavy atom. The lowest BCUT2D eigenvalue weighted by molar-refractivity contribution is -0.122. The molecule has 3 aromatic rings. The van der Waals surface area contributed by atoms with E-state index in [1.165, 1.54) is 35.7 Å². The smallest absolute Gasteiger partial charge is 0.221 e. The van der Waals surface area contributed by atoms with Crippen molar-refractivity contribution in [1.29, 1.82) is 0 Å². The fourth-order valence-electron chi connectivity index (χ4n) is 4.61. The van der Waals surface area contributed by atoms with Crippen LogP contribution >= 0.6 is 0 Å². The van der Waals surface area contributed by atoms with Crippen LogP contribution in [-0.4, -0.2) is 23.6 Å². The molecule has 0 bridgehead atoms. The Morgan fingerprint density at radius 2 is 1.83 bits per heavy atom. The van der Waals surface area contributed by atoms with E-state index >= 15 is 0 Å². The fraction of sp³-hybridized carbons (Fsp3) is 0.400. The van der Waals surface area contributed by atoms with Crippen LogP contribution in [0.5, 0.6) is 5.75 Å². The van der Waals surface area contributed by atoms with Gasteiger partial charge in [-0.2, -0.15) is 0 Å². The van der Waals surface area contributed by atoms with Gasteiger partial charge >= 0.3 is 0 Å². The molecule has 1 aromatic heterocycles. The van der Waals surface area contributed by atoms with Crippen LogP contribution in [0.15, 0.2) is 54.7 Å². The molecule has 4 heteroatoms. The third-order valence-electron chi connectivity index (χ3n) is 6.18. The second kappa shape index (κ2) is 8.73. The summed E-state index contributed by atoms with van der Waals surface area (Å²) in [7, 11) is 3.74. The summed E-state index contributed by atoms with van der Waals surface area (Å²) >= 11 is 0. The Kier molecular flexibility index (Phi) is 5.89. The number of aryl methyl sites for hydroxylation is 1. The molecule has 0 spiro atoms. The average Bonchev–Trinajstić information content (AvgIpc) is 3.09. The summed E-state index contributed by atoms with van der Waals surface area (Å²) in [6.45, 7) is 0. The number of benzene rings is 2. The van der Waals surface area contributed by atoms with Crippen molar-refractivity contribution in [3.8, 4) is 5.75 Å². The summed E-state index contributed by atoms with van der Waals surface area (Å²) < 4.78 is 7.48. The normalized spacial score (nSPS) is 15.9. The highest BCUT2D eigenvalue weighted by Crippen LogP contribution is 2.35. The molecule has 1 N–H and O–H groups in total.